The van der Waals surface area contributed by atoms with E-state index in [0.717, 1.165) is 36.5 Å². The fourth-order valence-electron chi connectivity index (χ4n) is 1.72. The Balaban J connectivity index is 2.21. The van der Waals surface area contributed by atoms with Crippen LogP contribution < -0.4 is 5.73 Å². The molecule has 14 heavy (non-hydrogen) atoms. The lowest BCUT2D eigenvalue weighted by Gasteiger charge is -2.12. The van der Waals surface area contributed by atoms with Gasteiger partial charge < -0.3 is 14.9 Å². The Kier molecular flexibility index (Phi) is 2.59. The molecule has 76 valence electrons. The summed E-state index contributed by atoms with van der Waals surface area (Å²) in [4.78, 5) is 0. The largest absolute Gasteiger partial charge is 0.496 e. The molecule has 1 aliphatic heterocycles. The number of ether oxygens (including phenoxy) is 1. The Bertz CT molecular complexity index is 341. The molecule has 1 unspecified atom stereocenters. The summed E-state index contributed by atoms with van der Waals surface area (Å²) >= 11 is 0. The molecule has 3 nitrogen and oxygen atoms in total. The van der Waals surface area contributed by atoms with Crippen LogP contribution in [-0.4, -0.2) is 6.61 Å². The predicted octanol–water partition coefficient (Wildman–Crippen LogP) is 2.15. The van der Waals surface area contributed by atoms with Crippen molar-refractivity contribution in [3.63, 3.8) is 0 Å². The molecule has 0 saturated carbocycles. The van der Waals surface area contributed by atoms with Gasteiger partial charge in [-0.25, -0.2) is 0 Å². The van der Waals surface area contributed by atoms with Gasteiger partial charge in [-0.2, -0.15) is 0 Å². The number of rotatable bonds is 3. The van der Waals surface area contributed by atoms with Crippen LogP contribution in [0.3, 0.4) is 0 Å². The maximum absolute atomic E-state index is 6.07. The minimum Gasteiger partial charge on any atom is -0.496 e. The number of hydrogen-bond donors (Lipinski definition) is 1. The van der Waals surface area contributed by atoms with Gasteiger partial charge in [0, 0.05) is 18.4 Å². The summed E-state index contributed by atoms with van der Waals surface area (Å²) in [6, 6.07) is 1.76. The van der Waals surface area contributed by atoms with E-state index in [4.69, 9.17) is 14.9 Å². The van der Waals surface area contributed by atoms with Crippen molar-refractivity contribution >= 4 is 0 Å². The SMILES string of the molecule is CCc1occc1C(N)C1=CCCO1. The quantitative estimate of drug-likeness (QED) is 0.800. The fourth-order valence-corrected chi connectivity index (χ4v) is 1.72. The van der Waals surface area contributed by atoms with E-state index in [2.05, 4.69) is 13.0 Å². The van der Waals surface area contributed by atoms with E-state index < -0.39 is 0 Å². The fraction of sp³-hybridized carbons (Fsp3) is 0.455. The summed E-state index contributed by atoms with van der Waals surface area (Å²) in [6.45, 7) is 2.81. The molecule has 0 aromatic carbocycles. The third kappa shape index (κ3) is 1.55. The average molecular weight is 193 g/mol. The van der Waals surface area contributed by atoms with Gasteiger partial charge in [-0.3, -0.25) is 0 Å². The Morgan fingerprint density at radius 3 is 3.07 bits per heavy atom. The van der Waals surface area contributed by atoms with Gasteiger partial charge in [-0.1, -0.05) is 6.92 Å². The van der Waals surface area contributed by atoms with Crippen molar-refractivity contribution in [1.29, 1.82) is 0 Å². The molecule has 0 saturated heterocycles. The third-order valence-electron chi connectivity index (χ3n) is 2.47. The molecule has 0 bridgehead atoms. The number of nitrogens with two attached hydrogens (primary N) is 1. The van der Waals surface area contributed by atoms with Crippen molar-refractivity contribution in [2.45, 2.75) is 25.8 Å². The third-order valence-corrected chi connectivity index (χ3v) is 2.47. The topological polar surface area (TPSA) is 48.4 Å². The monoisotopic (exact) mass is 193 g/mol. The number of hydrogen-bond acceptors (Lipinski definition) is 3. The van der Waals surface area contributed by atoms with Gasteiger partial charge in [0.1, 0.15) is 11.5 Å². The summed E-state index contributed by atoms with van der Waals surface area (Å²) in [6.07, 6.45) is 5.56. The molecule has 2 heterocycles. The lowest BCUT2D eigenvalue weighted by molar-refractivity contribution is 0.225. The first-order chi connectivity index (χ1) is 6.83. The molecule has 0 spiro atoms. The molecule has 1 atom stereocenters. The lowest BCUT2D eigenvalue weighted by atomic mass is 10.1. The highest BCUT2D eigenvalue weighted by Gasteiger charge is 2.20. The Hall–Kier alpha value is -1.22. The van der Waals surface area contributed by atoms with E-state index in [9.17, 15) is 0 Å². The maximum atomic E-state index is 6.07. The molecular formula is C11H15NO2. The van der Waals surface area contributed by atoms with Gasteiger partial charge in [-0.15, -0.1) is 0 Å². The highest BCUT2D eigenvalue weighted by molar-refractivity contribution is 5.28. The lowest BCUT2D eigenvalue weighted by Crippen LogP contribution is -2.14. The van der Waals surface area contributed by atoms with E-state index in [1.807, 2.05) is 6.07 Å². The van der Waals surface area contributed by atoms with Gasteiger partial charge in [-0.05, 0) is 12.1 Å². The van der Waals surface area contributed by atoms with Crippen LogP contribution in [0.1, 0.15) is 30.7 Å². The average Bonchev–Trinajstić information content (AvgIpc) is 2.87. The highest BCUT2D eigenvalue weighted by atomic mass is 16.5. The van der Waals surface area contributed by atoms with Gasteiger partial charge in [0.25, 0.3) is 0 Å². The van der Waals surface area contributed by atoms with Crippen LogP contribution in [-0.2, 0) is 11.2 Å². The molecule has 2 rings (SSSR count). The molecule has 1 aromatic rings. The maximum Gasteiger partial charge on any atom is 0.113 e. The molecule has 0 amide bonds. The summed E-state index contributed by atoms with van der Waals surface area (Å²) in [5.74, 6) is 1.83. The minimum atomic E-state index is -0.161. The van der Waals surface area contributed by atoms with E-state index in [-0.39, 0.29) is 6.04 Å². The number of furan rings is 1. The van der Waals surface area contributed by atoms with Gasteiger partial charge in [0.2, 0.25) is 0 Å². The van der Waals surface area contributed by atoms with E-state index in [1.165, 1.54) is 0 Å². The van der Waals surface area contributed by atoms with Crippen LogP contribution in [0.2, 0.25) is 0 Å². The van der Waals surface area contributed by atoms with E-state index >= 15 is 0 Å². The van der Waals surface area contributed by atoms with Crippen molar-refractivity contribution in [1.82, 2.24) is 0 Å². The van der Waals surface area contributed by atoms with Crippen LogP contribution in [0.5, 0.6) is 0 Å². The van der Waals surface area contributed by atoms with Gasteiger partial charge in [0.05, 0.1) is 18.9 Å². The van der Waals surface area contributed by atoms with Gasteiger partial charge in [0.15, 0.2) is 0 Å². The molecule has 2 N–H and O–H groups in total. The normalized spacial score (nSPS) is 17.7. The Morgan fingerprint density at radius 2 is 2.43 bits per heavy atom. The molecule has 1 aromatic heterocycles. The van der Waals surface area contributed by atoms with E-state index in [0.29, 0.717) is 0 Å². The molecule has 0 aliphatic carbocycles. The van der Waals surface area contributed by atoms with Crippen LogP contribution in [0.4, 0.5) is 0 Å². The van der Waals surface area contributed by atoms with E-state index in [1.54, 1.807) is 6.26 Å². The highest BCUT2D eigenvalue weighted by Crippen LogP contribution is 2.27. The first kappa shape index (κ1) is 9.34. The standard InChI is InChI=1S/C11H15NO2/c1-2-9-8(5-7-14-9)11(12)10-4-3-6-13-10/h4-5,7,11H,2-3,6,12H2,1H3. The Morgan fingerprint density at radius 1 is 1.57 bits per heavy atom. The first-order valence-electron chi connectivity index (χ1n) is 4.97. The molecule has 1 aliphatic rings. The number of aryl methyl sites for hydroxylation is 1. The Labute approximate surface area is 83.5 Å². The van der Waals surface area contributed by atoms with Crippen molar-refractivity contribution in [2.24, 2.45) is 5.73 Å². The van der Waals surface area contributed by atoms with Crippen LogP contribution in [0.25, 0.3) is 0 Å². The summed E-state index contributed by atoms with van der Waals surface area (Å²) in [5.41, 5.74) is 7.11. The van der Waals surface area contributed by atoms with Crippen LogP contribution in [0, 0.1) is 0 Å². The second kappa shape index (κ2) is 3.88. The minimum absolute atomic E-state index is 0.161. The van der Waals surface area contributed by atoms with Crippen molar-refractivity contribution in [2.75, 3.05) is 6.61 Å². The predicted molar refractivity (Wildman–Crippen MR) is 53.7 cm³/mol. The van der Waals surface area contributed by atoms with Crippen LogP contribution >= 0.6 is 0 Å². The molecule has 3 heteroatoms. The molecule has 0 radical (unpaired) electrons. The van der Waals surface area contributed by atoms with Crippen molar-refractivity contribution < 1.29 is 9.15 Å². The summed E-state index contributed by atoms with van der Waals surface area (Å²) in [7, 11) is 0. The zero-order valence-corrected chi connectivity index (χ0v) is 8.32. The smallest absolute Gasteiger partial charge is 0.113 e. The second-order valence-electron chi connectivity index (χ2n) is 3.37. The van der Waals surface area contributed by atoms with Crippen molar-refractivity contribution in [3.05, 3.63) is 35.5 Å². The summed E-state index contributed by atoms with van der Waals surface area (Å²) < 4.78 is 10.8. The zero-order chi connectivity index (χ0) is 9.97. The van der Waals surface area contributed by atoms with Crippen LogP contribution in [0.15, 0.2) is 28.6 Å². The zero-order valence-electron chi connectivity index (χ0n) is 8.32. The molecular weight excluding hydrogens is 178 g/mol. The first-order valence-corrected chi connectivity index (χ1v) is 4.97. The van der Waals surface area contributed by atoms with Gasteiger partial charge >= 0.3 is 0 Å². The van der Waals surface area contributed by atoms with Crippen molar-refractivity contribution in [3.8, 4) is 0 Å². The molecule has 0 fully saturated rings. The second-order valence-corrected chi connectivity index (χ2v) is 3.37. The summed E-state index contributed by atoms with van der Waals surface area (Å²) in [5, 5.41) is 0.